The quantitative estimate of drug-likeness (QED) is 0.727. The molecule has 0 unspecified atom stereocenters. The van der Waals surface area contributed by atoms with Gasteiger partial charge in [0.2, 0.25) is 10.0 Å². The fourth-order valence-corrected chi connectivity index (χ4v) is 3.19. The Kier molecular flexibility index (Phi) is 5.24. The van der Waals surface area contributed by atoms with Crippen molar-refractivity contribution < 1.29 is 13.5 Å². The van der Waals surface area contributed by atoms with Crippen LogP contribution in [0.2, 0.25) is 0 Å². The third-order valence-corrected chi connectivity index (χ3v) is 4.83. The lowest BCUT2D eigenvalue weighted by atomic mass is 10.5. The van der Waals surface area contributed by atoms with Crippen molar-refractivity contribution in [3.05, 3.63) is 29.0 Å². The first-order chi connectivity index (χ1) is 9.62. The van der Waals surface area contributed by atoms with Crippen LogP contribution in [0.15, 0.2) is 28.9 Å². The average Bonchev–Trinajstić information content (AvgIpc) is 3.07. The van der Waals surface area contributed by atoms with Crippen LogP contribution in [0, 0.1) is 0 Å². The highest BCUT2D eigenvalue weighted by molar-refractivity contribution is 7.89. The number of aliphatic hydroxyl groups excluding tert-OH is 1. The zero-order chi connectivity index (χ0) is 14.4. The van der Waals surface area contributed by atoms with Crippen molar-refractivity contribution in [3.63, 3.8) is 0 Å². The van der Waals surface area contributed by atoms with E-state index in [9.17, 15) is 8.42 Å². The molecule has 2 rings (SSSR count). The van der Waals surface area contributed by atoms with Crippen LogP contribution in [-0.4, -0.2) is 41.4 Å². The second-order valence-electron chi connectivity index (χ2n) is 4.09. The minimum absolute atomic E-state index is 0.0496. The number of nitrogens with one attached hydrogen (secondary N) is 1. The van der Waals surface area contributed by atoms with Crippen LogP contribution in [0.1, 0.15) is 11.4 Å². The smallest absolute Gasteiger partial charge is 0.243 e. The van der Waals surface area contributed by atoms with Gasteiger partial charge in [-0.3, -0.25) is 4.68 Å². The molecule has 7 nitrogen and oxygen atoms in total. The van der Waals surface area contributed by atoms with E-state index in [-0.39, 0.29) is 11.5 Å². The summed E-state index contributed by atoms with van der Waals surface area (Å²) in [5.74, 6) is 0. The van der Waals surface area contributed by atoms with Gasteiger partial charge in [-0.25, -0.2) is 18.1 Å². The maximum Gasteiger partial charge on any atom is 0.243 e. The summed E-state index contributed by atoms with van der Waals surface area (Å²) in [7, 11) is -3.54. The van der Waals surface area contributed by atoms with E-state index < -0.39 is 10.0 Å². The lowest BCUT2D eigenvalue weighted by Crippen LogP contribution is -2.25. The monoisotopic (exact) mass is 316 g/mol. The zero-order valence-corrected chi connectivity index (χ0v) is 12.4. The highest BCUT2D eigenvalue weighted by atomic mass is 32.2. The summed E-state index contributed by atoms with van der Waals surface area (Å²) < 4.78 is 28.1. The van der Waals surface area contributed by atoms with Crippen LogP contribution in [-0.2, 0) is 23.0 Å². The zero-order valence-electron chi connectivity index (χ0n) is 10.8. The van der Waals surface area contributed by atoms with Crippen molar-refractivity contribution in [3.8, 4) is 0 Å². The Morgan fingerprint density at radius 3 is 3.00 bits per heavy atom. The summed E-state index contributed by atoms with van der Waals surface area (Å²) >= 11 is 1.50. The predicted octanol–water partition coefficient (Wildman–Crippen LogP) is 0.243. The fraction of sp³-hybridized carbons (Fsp3) is 0.455. The van der Waals surface area contributed by atoms with Crippen molar-refractivity contribution >= 4 is 21.4 Å². The van der Waals surface area contributed by atoms with Crippen molar-refractivity contribution in [1.29, 1.82) is 0 Å². The molecule has 0 bridgehead atoms. The summed E-state index contributed by atoms with van der Waals surface area (Å²) in [6, 6.07) is 0. The van der Waals surface area contributed by atoms with Crippen LogP contribution in [0.3, 0.4) is 0 Å². The van der Waals surface area contributed by atoms with Gasteiger partial charge in [0, 0.05) is 43.9 Å². The number of aromatic nitrogens is 3. The molecule has 0 spiro atoms. The molecule has 0 aromatic carbocycles. The van der Waals surface area contributed by atoms with Gasteiger partial charge in [0.05, 0.1) is 11.2 Å². The largest absolute Gasteiger partial charge is 0.396 e. The molecule has 110 valence electrons. The lowest BCUT2D eigenvalue weighted by Gasteiger charge is -2.03. The second-order valence-corrected chi connectivity index (χ2v) is 6.84. The van der Waals surface area contributed by atoms with Crippen molar-refractivity contribution in [2.75, 3.05) is 13.2 Å². The topological polar surface area (TPSA) is 97.1 Å². The van der Waals surface area contributed by atoms with E-state index >= 15 is 0 Å². The van der Waals surface area contributed by atoms with Crippen LogP contribution in [0.5, 0.6) is 0 Å². The van der Waals surface area contributed by atoms with Gasteiger partial charge in [0.1, 0.15) is 4.90 Å². The number of rotatable bonds is 8. The molecule has 0 amide bonds. The normalized spacial score (nSPS) is 11.8. The maximum atomic E-state index is 12.0. The van der Waals surface area contributed by atoms with Gasteiger partial charge in [-0.1, -0.05) is 0 Å². The fourth-order valence-electron chi connectivity index (χ4n) is 1.59. The number of nitrogens with zero attached hydrogens (tertiary/aromatic N) is 3. The van der Waals surface area contributed by atoms with Crippen LogP contribution in [0.4, 0.5) is 0 Å². The predicted molar refractivity (Wildman–Crippen MR) is 74.9 cm³/mol. The molecule has 0 aliphatic heterocycles. The molecule has 2 aromatic rings. The number of sulfonamides is 1. The average molecular weight is 316 g/mol. The van der Waals surface area contributed by atoms with E-state index in [1.54, 1.807) is 6.20 Å². The van der Waals surface area contributed by atoms with Gasteiger partial charge >= 0.3 is 0 Å². The molecule has 2 heterocycles. The van der Waals surface area contributed by atoms with Gasteiger partial charge < -0.3 is 5.11 Å². The second kappa shape index (κ2) is 6.93. The number of thiazole rings is 1. The van der Waals surface area contributed by atoms with E-state index in [0.717, 1.165) is 5.01 Å². The third kappa shape index (κ3) is 4.10. The molecule has 0 saturated heterocycles. The highest BCUT2D eigenvalue weighted by Gasteiger charge is 2.16. The third-order valence-electron chi connectivity index (χ3n) is 2.58. The van der Waals surface area contributed by atoms with Crippen LogP contribution in [0.25, 0.3) is 0 Å². The van der Waals surface area contributed by atoms with Crippen LogP contribution >= 0.6 is 11.3 Å². The SMILES string of the molecule is O=S(=O)(NCCc1nccs1)c1cnn(CCCO)c1. The number of hydrogen-bond donors (Lipinski definition) is 2. The van der Waals surface area contributed by atoms with Crippen molar-refractivity contribution in [2.24, 2.45) is 0 Å². The first-order valence-electron chi connectivity index (χ1n) is 6.13. The van der Waals surface area contributed by atoms with Crippen molar-refractivity contribution in [1.82, 2.24) is 19.5 Å². The van der Waals surface area contributed by atoms with E-state index in [2.05, 4.69) is 14.8 Å². The number of hydrogen-bond acceptors (Lipinski definition) is 6. The first-order valence-corrected chi connectivity index (χ1v) is 8.49. The van der Waals surface area contributed by atoms with Gasteiger partial charge in [0.15, 0.2) is 0 Å². The maximum absolute atomic E-state index is 12.0. The minimum atomic E-state index is -3.54. The molecule has 0 fully saturated rings. The van der Waals surface area contributed by atoms with Gasteiger partial charge in [-0.2, -0.15) is 5.10 Å². The van der Waals surface area contributed by atoms with Gasteiger partial charge in [0.25, 0.3) is 0 Å². The Bertz CT molecular complexity index is 622. The molecule has 20 heavy (non-hydrogen) atoms. The lowest BCUT2D eigenvalue weighted by molar-refractivity contribution is 0.277. The molecule has 0 radical (unpaired) electrons. The number of aliphatic hydroxyl groups is 1. The van der Waals surface area contributed by atoms with Gasteiger partial charge in [-0.05, 0) is 6.42 Å². The Morgan fingerprint density at radius 1 is 1.45 bits per heavy atom. The molecule has 2 aromatic heterocycles. The van der Waals surface area contributed by atoms with E-state index in [4.69, 9.17) is 5.11 Å². The molecule has 0 aliphatic rings. The standard InChI is InChI=1S/C11H16N4O3S2/c16-6-1-5-15-9-10(8-13-15)20(17,18)14-3-2-11-12-4-7-19-11/h4,7-9,14,16H,1-3,5-6H2. The molecular weight excluding hydrogens is 300 g/mol. The first kappa shape index (κ1) is 15.1. The Balaban J connectivity index is 1.90. The van der Waals surface area contributed by atoms with Crippen LogP contribution < -0.4 is 4.72 Å². The number of aryl methyl sites for hydroxylation is 1. The van der Waals surface area contributed by atoms with E-state index in [0.29, 0.717) is 25.9 Å². The Morgan fingerprint density at radius 2 is 2.30 bits per heavy atom. The highest BCUT2D eigenvalue weighted by Crippen LogP contribution is 2.08. The summed E-state index contributed by atoms with van der Waals surface area (Å²) in [4.78, 5) is 4.22. The molecule has 0 atom stereocenters. The molecule has 0 saturated carbocycles. The molecule has 2 N–H and O–H groups in total. The Labute approximate surface area is 121 Å². The minimum Gasteiger partial charge on any atom is -0.396 e. The van der Waals surface area contributed by atoms with Gasteiger partial charge in [-0.15, -0.1) is 11.3 Å². The summed E-state index contributed by atoms with van der Waals surface area (Å²) in [5.41, 5.74) is 0. The molecule has 0 aliphatic carbocycles. The summed E-state index contributed by atoms with van der Waals surface area (Å²) in [5, 5.41) is 15.4. The molecular formula is C11H16N4O3S2. The summed E-state index contributed by atoms with van der Waals surface area (Å²) in [6.45, 7) is 0.844. The summed E-state index contributed by atoms with van der Waals surface area (Å²) in [6.07, 6.45) is 5.57. The molecule has 9 heteroatoms. The van der Waals surface area contributed by atoms with E-state index in [1.807, 2.05) is 5.38 Å². The Hall–Kier alpha value is -1.29. The van der Waals surface area contributed by atoms with E-state index in [1.165, 1.54) is 28.4 Å². The van der Waals surface area contributed by atoms with Crippen molar-refractivity contribution in [2.45, 2.75) is 24.3 Å².